The Morgan fingerprint density at radius 3 is 3.06 bits per heavy atom. The molecule has 94 valence electrons. The molecule has 2 rings (SSSR count). The van der Waals surface area contributed by atoms with E-state index in [1.165, 1.54) is 6.26 Å². The van der Waals surface area contributed by atoms with E-state index in [9.17, 15) is 9.90 Å². The zero-order valence-corrected chi connectivity index (χ0v) is 11.0. The van der Waals surface area contributed by atoms with Crippen molar-refractivity contribution in [1.82, 2.24) is 4.90 Å². The van der Waals surface area contributed by atoms with Crippen molar-refractivity contribution in [2.45, 2.75) is 18.6 Å². The van der Waals surface area contributed by atoms with Crippen LogP contribution in [0.1, 0.15) is 16.8 Å². The van der Waals surface area contributed by atoms with Crippen LogP contribution < -0.4 is 0 Å². The Bertz CT molecular complexity index is 406. The predicted octanol–water partition coefficient (Wildman–Crippen LogP) is 1.26. The van der Waals surface area contributed by atoms with Gasteiger partial charge in [0, 0.05) is 13.7 Å². The normalized spacial score (nSPS) is 24.3. The van der Waals surface area contributed by atoms with Crippen molar-refractivity contribution in [2.75, 3.05) is 20.3 Å². The Morgan fingerprint density at radius 2 is 2.53 bits per heavy atom. The second-order valence-electron chi connectivity index (χ2n) is 4.00. The van der Waals surface area contributed by atoms with Gasteiger partial charge in [0.1, 0.15) is 0 Å². The minimum absolute atomic E-state index is 0.0122. The number of aliphatic hydroxyl groups is 1. The van der Waals surface area contributed by atoms with Gasteiger partial charge in [-0.3, -0.25) is 4.79 Å². The molecule has 2 atom stereocenters. The Labute approximate surface area is 107 Å². The number of likely N-dealkylation sites (tertiary alicyclic amines) is 1. The van der Waals surface area contributed by atoms with Gasteiger partial charge >= 0.3 is 0 Å². The number of hydrogen-bond donors (Lipinski definition) is 1. The second-order valence-corrected chi connectivity index (χ2v) is 4.72. The first-order valence-electron chi connectivity index (χ1n) is 5.35. The number of carbonyl (C=O) groups excluding carboxylic acids is 1. The molecule has 0 radical (unpaired) electrons. The highest BCUT2D eigenvalue weighted by Gasteiger charge is 2.36. The van der Waals surface area contributed by atoms with Crippen LogP contribution in [0.4, 0.5) is 0 Å². The first-order valence-corrected chi connectivity index (χ1v) is 6.14. The van der Waals surface area contributed by atoms with Gasteiger partial charge in [-0.2, -0.15) is 0 Å². The molecule has 1 amide bonds. The molecule has 5 nitrogen and oxygen atoms in total. The summed E-state index contributed by atoms with van der Waals surface area (Å²) in [4.78, 5) is 13.9. The van der Waals surface area contributed by atoms with Gasteiger partial charge in [0.25, 0.3) is 5.91 Å². The van der Waals surface area contributed by atoms with E-state index in [0.717, 1.165) is 0 Å². The van der Waals surface area contributed by atoms with E-state index in [0.29, 0.717) is 23.2 Å². The van der Waals surface area contributed by atoms with Crippen molar-refractivity contribution in [1.29, 1.82) is 0 Å². The molecule has 0 bridgehead atoms. The minimum atomic E-state index is -0.186. The summed E-state index contributed by atoms with van der Waals surface area (Å²) in [5.41, 5.74) is 0.472. The van der Waals surface area contributed by atoms with Crippen LogP contribution in [0.25, 0.3) is 0 Å². The lowest BCUT2D eigenvalue weighted by Crippen LogP contribution is -2.38. The summed E-state index contributed by atoms with van der Waals surface area (Å²) in [5, 5.41) is 9.28. The third kappa shape index (κ3) is 2.38. The van der Waals surface area contributed by atoms with Crippen LogP contribution in [0.3, 0.4) is 0 Å². The molecule has 2 heterocycles. The zero-order chi connectivity index (χ0) is 12.4. The molecule has 1 N–H and O–H groups in total. The highest BCUT2D eigenvalue weighted by Crippen LogP contribution is 2.25. The van der Waals surface area contributed by atoms with E-state index < -0.39 is 0 Å². The third-order valence-corrected chi connectivity index (χ3v) is 3.64. The van der Waals surface area contributed by atoms with Gasteiger partial charge in [0.2, 0.25) is 0 Å². The van der Waals surface area contributed by atoms with Crippen molar-refractivity contribution in [3.05, 3.63) is 22.6 Å². The van der Waals surface area contributed by atoms with Gasteiger partial charge in [-0.25, -0.2) is 0 Å². The highest BCUT2D eigenvalue weighted by atomic mass is 79.9. The molecule has 1 aliphatic heterocycles. The predicted molar refractivity (Wildman–Crippen MR) is 63.7 cm³/mol. The fraction of sp³-hybridized carbons (Fsp3) is 0.545. The minimum Gasteiger partial charge on any atom is -0.457 e. The van der Waals surface area contributed by atoms with Crippen molar-refractivity contribution >= 4 is 21.8 Å². The molecule has 1 saturated heterocycles. The Balaban J connectivity index is 2.16. The summed E-state index contributed by atoms with van der Waals surface area (Å²) in [6, 6.07) is 1.43. The SMILES string of the molecule is CO[C@@H]1C[C@@H](CO)N(C(=O)c2ccoc2Br)C1. The quantitative estimate of drug-likeness (QED) is 0.913. The molecule has 6 heteroatoms. The van der Waals surface area contributed by atoms with Crippen LogP contribution in [0, 0.1) is 0 Å². The van der Waals surface area contributed by atoms with Crippen LogP contribution >= 0.6 is 15.9 Å². The lowest BCUT2D eigenvalue weighted by molar-refractivity contribution is 0.0646. The van der Waals surface area contributed by atoms with Gasteiger partial charge in [0.05, 0.1) is 30.6 Å². The van der Waals surface area contributed by atoms with E-state index in [-0.39, 0.29) is 24.7 Å². The number of hydrogen-bond acceptors (Lipinski definition) is 4. The molecule has 1 aromatic heterocycles. The van der Waals surface area contributed by atoms with Crippen molar-refractivity contribution in [3.8, 4) is 0 Å². The smallest absolute Gasteiger partial charge is 0.258 e. The van der Waals surface area contributed by atoms with E-state index in [4.69, 9.17) is 9.15 Å². The van der Waals surface area contributed by atoms with Gasteiger partial charge < -0.3 is 19.2 Å². The van der Waals surface area contributed by atoms with Crippen molar-refractivity contribution in [3.63, 3.8) is 0 Å². The molecule has 1 aromatic rings. The summed E-state index contributed by atoms with van der Waals surface area (Å²) in [6.07, 6.45) is 2.10. The maximum Gasteiger partial charge on any atom is 0.258 e. The molecule has 0 saturated carbocycles. The topological polar surface area (TPSA) is 62.9 Å². The maximum absolute atomic E-state index is 12.2. The summed E-state index contributed by atoms with van der Waals surface area (Å²) >= 11 is 3.18. The zero-order valence-electron chi connectivity index (χ0n) is 9.43. The van der Waals surface area contributed by atoms with Gasteiger partial charge in [-0.1, -0.05) is 0 Å². The van der Waals surface area contributed by atoms with E-state index in [1.54, 1.807) is 18.1 Å². The lowest BCUT2D eigenvalue weighted by Gasteiger charge is -2.22. The van der Waals surface area contributed by atoms with Crippen LogP contribution in [-0.4, -0.2) is 48.3 Å². The average Bonchev–Trinajstić information content (AvgIpc) is 2.93. The number of nitrogens with zero attached hydrogens (tertiary/aromatic N) is 1. The molecule has 0 aromatic carbocycles. The van der Waals surface area contributed by atoms with Crippen molar-refractivity contribution in [2.24, 2.45) is 0 Å². The number of methoxy groups -OCH3 is 1. The van der Waals surface area contributed by atoms with Gasteiger partial charge in [-0.05, 0) is 28.4 Å². The van der Waals surface area contributed by atoms with E-state index in [2.05, 4.69) is 15.9 Å². The largest absolute Gasteiger partial charge is 0.457 e. The van der Waals surface area contributed by atoms with Gasteiger partial charge in [-0.15, -0.1) is 0 Å². The van der Waals surface area contributed by atoms with Crippen LogP contribution in [0.5, 0.6) is 0 Å². The maximum atomic E-state index is 12.2. The fourth-order valence-electron chi connectivity index (χ4n) is 2.07. The third-order valence-electron chi connectivity index (χ3n) is 3.03. The molecule has 0 aliphatic carbocycles. The molecule has 1 aliphatic rings. The average molecular weight is 304 g/mol. The Morgan fingerprint density at radius 1 is 1.76 bits per heavy atom. The summed E-state index contributed by atoms with van der Waals surface area (Å²) < 4.78 is 10.7. The number of carbonyl (C=O) groups is 1. The molecular weight excluding hydrogens is 290 g/mol. The Hall–Kier alpha value is -0.850. The lowest BCUT2D eigenvalue weighted by atomic mass is 10.2. The Kier molecular flexibility index (Phi) is 3.86. The first-order chi connectivity index (χ1) is 8.17. The molecule has 0 spiro atoms. The first kappa shape index (κ1) is 12.6. The van der Waals surface area contributed by atoms with Gasteiger partial charge in [0.15, 0.2) is 4.67 Å². The number of furan rings is 1. The second kappa shape index (κ2) is 5.20. The van der Waals surface area contributed by atoms with Crippen LogP contribution in [0.15, 0.2) is 21.4 Å². The van der Waals surface area contributed by atoms with E-state index >= 15 is 0 Å². The number of amides is 1. The van der Waals surface area contributed by atoms with Crippen LogP contribution in [0.2, 0.25) is 0 Å². The molecular formula is C11H14BrNO4. The number of rotatable bonds is 3. The fourth-order valence-corrected chi connectivity index (χ4v) is 2.48. The van der Waals surface area contributed by atoms with Crippen LogP contribution in [-0.2, 0) is 4.74 Å². The molecule has 1 fully saturated rings. The monoisotopic (exact) mass is 303 g/mol. The number of halogens is 1. The number of aliphatic hydroxyl groups excluding tert-OH is 1. The number of ether oxygens (including phenoxy) is 1. The summed E-state index contributed by atoms with van der Waals surface area (Å²) in [6.45, 7) is 0.444. The summed E-state index contributed by atoms with van der Waals surface area (Å²) in [7, 11) is 1.61. The van der Waals surface area contributed by atoms with Crippen molar-refractivity contribution < 1.29 is 19.1 Å². The standard InChI is InChI=1S/C11H14BrNO4/c1-16-8-4-7(6-14)13(5-8)11(15)9-2-3-17-10(9)12/h2-3,7-8,14H,4-6H2,1H3/t7-,8+/m0/s1. The molecule has 17 heavy (non-hydrogen) atoms. The highest BCUT2D eigenvalue weighted by molar-refractivity contribution is 9.10. The van der Waals surface area contributed by atoms with E-state index in [1.807, 2.05) is 0 Å². The summed E-state index contributed by atoms with van der Waals surface area (Å²) in [5.74, 6) is -0.149. The molecule has 0 unspecified atom stereocenters.